The van der Waals surface area contributed by atoms with Crippen molar-refractivity contribution in [2.45, 2.75) is 0 Å². The SMILES string of the molecule is NC(=O)C=Cc1ccc2ncnc(Cl)c2c1. The van der Waals surface area contributed by atoms with Gasteiger partial charge in [-0.1, -0.05) is 17.7 Å². The van der Waals surface area contributed by atoms with Gasteiger partial charge >= 0.3 is 0 Å². The average Bonchev–Trinajstić information content (AvgIpc) is 2.27. The number of fused-ring (bicyclic) bond motifs is 1. The molecule has 0 radical (unpaired) electrons. The standard InChI is InChI=1S/C11H8ClN3O/c12-11-8-5-7(2-4-10(13)16)1-3-9(8)14-6-15-11/h1-6H,(H2,13,16). The van der Waals surface area contributed by atoms with Crippen LogP contribution < -0.4 is 5.73 Å². The molecule has 0 aliphatic heterocycles. The number of nitrogens with zero attached hydrogens (tertiary/aromatic N) is 2. The summed E-state index contributed by atoms with van der Waals surface area (Å²) in [7, 11) is 0. The first-order chi connectivity index (χ1) is 7.66. The molecule has 0 spiro atoms. The molecular formula is C11H8ClN3O. The molecule has 0 saturated heterocycles. The van der Waals surface area contributed by atoms with E-state index in [1.54, 1.807) is 12.1 Å². The van der Waals surface area contributed by atoms with Gasteiger partial charge in [-0.2, -0.15) is 0 Å². The fourth-order valence-electron chi connectivity index (χ4n) is 1.32. The number of primary amides is 1. The monoisotopic (exact) mass is 233 g/mol. The number of amides is 1. The Balaban J connectivity index is 2.51. The van der Waals surface area contributed by atoms with Crippen molar-refractivity contribution in [3.63, 3.8) is 0 Å². The van der Waals surface area contributed by atoms with Gasteiger partial charge < -0.3 is 5.73 Å². The van der Waals surface area contributed by atoms with Crippen molar-refractivity contribution in [1.29, 1.82) is 0 Å². The second-order valence-electron chi connectivity index (χ2n) is 3.18. The Morgan fingerprint density at radius 2 is 2.19 bits per heavy atom. The second-order valence-corrected chi connectivity index (χ2v) is 3.53. The molecule has 0 unspecified atom stereocenters. The van der Waals surface area contributed by atoms with Gasteiger partial charge in [0.15, 0.2) is 0 Å². The molecule has 80 valence electrons. The van der Waals surface area contributed by atoms with Gasteiger partial charge in [0.2, 0.25) is 5.91 Å². The molecule has 0 aliphatic rings. The maximum absolute atomic E-state index is 10.6. The normalized spacial score (nSPS) is 11.1. The van der Waals surface area contributed by atoms with Crippen LogP contribution in [0.5, 0.6) is 0 Å². The fraction of sp³-hybridized carbons (Fsp3) is 0. The van der Waals surface area contributed by atoms with Crippen molar-refractivity contribution in [2.75, 3.05) is 0 Å². The summed E-state index contributed by atoms with van der Waals surface area (Å²) in [6, 6.07) is 5.44. The van der Waals surface area contributed by atoms with E-state index in [-0.39, 0.29) is 0 Å². The largest absolute Gasteiger partial charge is 0.366 e. The van der Waals surface area contributed by atoms with E-state index < -0.39 is 5.91 Å². The van der Waals surface area contributed by atoms with Crippen LogP contribution in [-0.4, -0.2) is 15.9 Å². The number of halogens is 1. The lowest BCUT2D eigenvalue weighted by Gasteiger charge is -1.99. The summed E-state index contributed by atoms with van der Waals surface area (Å²) in [5, 5.41) is 1.13. The van der Waals surface area contributed by atoms with Gasteiger partial charge in [0, 0.05) is 11.5 Å². The van der Waals surface area contributed by atoms with E-state index in [0.717, 1.165) is 16.5 Å². The van der Waals surface area contributed by atoms with E-state index in [2.05, 4.69) is 9.97 Å². The summed E-state index contributed by atoms with van der Waals surface area (Å²) in [4.78, 5) is 18.5. The Bertz CT molecular complexity index is 580. The van der Waals surface area contributed by atoms with Crippen molar-refractivity contribution < 1.29 is 4.79 Å². The summed E-state index contributed by atoms with van der Waals surface area (Å²) in [5.41, 5.74) is 6.59. The van der Waals surface area contributed by atoms with Crippen LogP contribution >= 0.6 is 11.6 Å². The molecule has 1 aromatic carbocycles. The first-order valence-corrected chi connectivity index (χ1v) is 4.92. The Labute approximate surface area is 96.8 Å². The van der Waals surface area contributed by atoms with Crippen molar-refractivity contribution in [3.05, 3.63) is 41.3 Å². The average molecular weight is 234 g/mol. The van der Waals surface area contributed by atoms with E-state index in [4.69, 9.17) is 17.3 Å². The van der Waals surface area contributed by atoms with Crippen LogP contribution in [0.3, 0.4) is 0 Å². The molecule has 0 aliphatic carbocycles. The highest BCUT2D eigenvalue weighted by Gasteiger charge is 2.01. The zero-order chi connectivity index (χ0) is 11.5. The molecule has 1 amide bonds. The number of carbonyl (C=O) groups excluding carboxylic acids is 1. The van der Waals surface area contributed by atoms with Crippen LogP contribution in [0.15, 0.2) is 30.6 Å². The molecule has 5 heteroatoms. The summed E-state index contributed by atoms with van der Waals surface area (Å²) < 4.78 is 0. The molecule has 0 fully saturated rings. The minimum absolute atomic E-state index is 0.388. The first kappa shape index (κ1) is 10.6. The van der Waals surface area contributed by atoms with Crippen LogP contribution in [-0.2, 0) is 4.79 Å². The molecule has 2 aromatic rings. The number of nitrogens with two attached hydrogens (primary N) is 1. The van der Waals surface area contributed by atoms with Crippen molar-refractivity contribution >= 4 is 34.5 Å². The lowest BCUT2D eigenvalue weighted by Crippen LogP contribution is -2.05. The van der Waals surface area contributed by atoms with Crippen molar-refractivity contribution in [2.24, 2.45) is 5.73 Å². The van der Waals surface area contributed by atoms with Gasteiger partial charge in [-0.25, -0.2) is 9.97 Å². The highest BCUT2D eigenvalue weighted by Crippen LogP contribution is 2.20. The Morgan fingerprint density at radius 1 is 1.38 bits per heavy atom. The molecule has 0 bridgehead atoms. The molecule has 1 aromatic heterocycles. The highest BCUT2D eigenvalue weighted by molar-refractivity contribution is 6.34. The third-order valence-corrected chi connectivity index (χ3v) is 2.35. The minimum atomic E-state index is -0.490. The summed E-state index contributed by atoms with van der Waals surface area (Å²) >= 11 is 5.92. The third-order valence-electron chi connectivity index (χ3n) is 2.05. The minimum Gasteiger partial charge on any atom is -0.366 e. The number of benzene rings is 1. The molecule has 4 nitrogen and oxygen atoms in total. The topological polar surface area (TPSA) is 68.9 Å². The molecular weight excluding hydrogens is 226 g/mol. The number of hydrogen-bond donors (Lipinski definition) is 1. The van der Waals surface area contributed by atoms with Gasteiger partial charge in [-0.15, -0.1) is 0 Å². The van der Waals surface area contributed by atoms with Crippen LogP contribution in [0.4, 0.5) is 0 Å². The Kier molecular flexibility index (Phi) is 2.83. The van der Waals surface area contributed by atoms with Crippen LogP contribution in [0, 0.1) is 0 Å². The van der Waals surface area contributed by atoms with E-state index in [1.165, 1.54) is 12.4 Å². The number of hydrogen-bond acceptors (Lipinski definition) is 3. The third kappa shape index (κ3) is 2.17. The lowest BCUT2D eigenvalue weighted by molar-refractivity contribution is -0.113. The van der Waals surface area contributed by atoms with Crippen LogP contribution in [0.25, 0.3) is 17.0 Å². The zero-order valence-corrected chi connectivity index (χ0v) is 8.98. The summed E-state index contributed by atoms with van der Waals surface area (Å²) in [6.07, 6.45) is 4.31. The maximum Gasteiger partial charge on any atom is 0.241 e. The Hall–Kier alpha value is -1.94. The van der Waals surface area contributed by atoms with Gasteiger partial charge in [0.05, 0.1) is 5.52 Å². The summed E-state index contributed by atoms with van der Waals surface area (Å²) in [5.74, 6) is -0.490. The van der Waals surface area contributed by atoms with E-state index in [1.807, 2.05) is 12.1 Å². The maximum atomic E-state index is 10.6. The number of rotatable bonds is 2. The molecule has 1 heterocycles. The van der Waals surface area contributed by atoms with E-state index >= 15 is 0 Å². The Morgan fingerprint density at radius 3 is 2.94 bits per heavy atom. The number of aromatic nitrogens is 2. The lowest BCUT2D eigenvalue weighted by atomic mass is 10.1. The van der Waals surface area contributed by atoms with Crippen LogP contribution in [0.1, 0.15) is 5.56 Å². The molecule has 2 N–H and O–H groups in total. The molecule has 2 rings (SSSR count). The van der Waals surface area contributed by atoms with Gasteiger partial charge in [-0.3, -0.25) is 4.79 Å². The van der Waals surface area contributed by atoms with Crippen molar-refractivity contribution in [1.82, 2.24) is 9.97 Å². The van der Waals surface area contributed by atoms with Gasteiger partial charge in [0.25, 0.3) is 0 Å². The molecule has 0 atom stereocenters. The molecule has 0 saturated carbocycles. The van der Waals surface area contributed by atoms with Gasteiger partial charge in [-0.05, 0) is 23.8 Å². The van der Waals surface area contributed by atoms with Crippen LogP contribution in [0.2, 0.25) is 5.15 Å². The number of carbonyl (C=O) groups is 1. The highest BCUT2D eigenvalue weighted by atomic mass is 35.5. The predicted molar refractivity (Wildman–Crippen MR) is 62.8 cm³/mol. The second kappa shape index (κ2) is 4.28. The van der Waals surface area contributed by atoms with E-state index in [9.17, 15) is 4.79 Å². The van der Waals surface area contributed by atoms with Gasteiger partial charge in [0.1, 0.15) is 11.5 Å². The predicted octanol–water partition coefficient (Wildman–Crippen LogP) is 1.78. The summed E-state index contributed by atoms with van der Waals surface area (Å²) in [6.45, 7) is 0. The smallest absolute Gasteiger partial charge is 0.241 e. The zero-order valence-electron chi connectivity index (χ0n) is 8.22. The van der Waals surface area contributed by atoms with Crippen molar-refractivity contribution in [3.8, 4) is 0 Å². The quantitative estimate of drug-likeness (QED) is 0.635. The molecule has 16 heavy (non-hydrogen) atoms. The van der Waals surface area contributed by atoms with E-state index in [0.29, 0.717) is 5.15 Å². The fourth-order valence-corrected chi connectivity index (χ4v) is 1.52. The first-order valence-electron chi connectivity index (χ1n) is 4.54.